The van der Waals surface area contributed by atoms with Gasteiger partial charge < -0.3 is 14.8 Å². The van der Waals surface area contributed by atoms with Gasteiger partial charge in [-0.2, -0.15) is 0 Å². The maximum absolute atomic E-state index is 5.66. The molecule has 4 nitrogen and oxygen atoms in total. The van der Waals surface area contributed by atoms with Gasteiger partial charge in [0, 0.05) is 11.6 Å². The fourth-order valence-electron chi connectivity index (χ4n) is 3.54. The fraction of sp³-hybridized carbons (Fsp3) is 0.647. The van der Waals surface area contributed by atoms with Crippen LogP contribution in [0.1, 0.15) is 30.9 Å². The molecular weight excluding hydrogens is 264 g/mol. The molecule has 0 saturated carbocycles. The second-order valence-electron chi connectivity index (χ2n) is 5.82. The van der Waals surface area contributed by atoms with E-state index in [-0.39, 0.29) is 0 Å². The molecule has 1 heterocycles. The Morgan fingerprint density at radius 2 is 2.05 bits per heavy atom. The Balaban J connectivity index is 2.43. The minimum atomic E-state index is 0.366. The molecule has 21 heavy (non-hydrogen) atoms. The third kappa shape index (κ3) is 3.50. The highest BCUT2D eigenvalue weighted by atomic mass is 16.5. The zero-order valence-corrected chi connectivity index (χ0v) is 13.7. The van der Waals surface area contributed by atoms with Crippen molar-refractivity contribution in [3.63, 3.8) is 0 Å². The Hall–Kier alpha value is -1.26. The molecule has 0 amide bonds. The van der Waals surface area contributed by atoms with Gasteiger partial charge in [0.1, 0.15) is 0 Å². The van der Waals surface area contributed by atoms with Crippen molar-refractivity contribution in [1.29, 1.82) is 0 Å². The summed E-state index contributed by atoms with van der Waals surface area (Å²) in [7, 11) is 7.68. The Morgan fingerprint density at radius 3 is 2.71 bits per heavy atom. The van der Waals surface area contributed by atoms with Crippen molar-refractivity contribution in [3.05, 3.63) is 23.8 Å². The van der Waals surface area contributed by atoms with Gasteiger partial charge in [0.2, 0.25) is 0 Å². The standard InChI is InChI=1S/C17H28N2O2/c1-18-12-13-8-5-6-11-19(2)16(13)14-9-7-10-15(20-3)17(14)21-4/h7,9-10,13,16,18H,5-6,8,11-12H2,1-4H3. The van der Waals surface area contributed by atoms with Gasteiger partial charge in [0.15, 0.2) is 11.5 Å². The van der Waals surface area contributed by atoms with E-state index in [0.29, 0.717) is 12.0 Å². The fourth-order valence-corrected chi connectivity index (χ4v) is 3.54. The lowest BCUT2D eigenvalue weighted by Crippen LogP contribution is -2.34. The van der Waals surface area contributed by atoms with Crippen LogP contribution in [0.25, 0.3) is 0 Å². The van der Waals surface area contributed by atoms with E-state index in [4.69, 9.17) is 9.47 Å². The molecule has 4 heteroatoms. The molecule has 0 bridgehead atoms. The summed E-state index contributed by atoms with van der Waals surface area (Å²) in [4.78, 5) is 2.46. The normalized spacial score (nSPS) is 23.6. The third-order valence-electron chi connectivity index (χ3n) is 4.48. The molecule has 1 saturated heterocycles. The Morgan fingerprint density at radius 1 is 1.24 bits per heavy atom. The van der Waals surface area contributed by atoms with E-state index < -0.39 is 0 Å². The molecule has 1 aromatic carbocycles. The second-order valence-corrected chi connectivity index (χ2v) is 5.82. The summed E-state index contributed by atoms with van der Waals surface area (Å²) < 4.78 is 11.1. The number of hydrogen-bond acceptors (Lipinski definition) is 4. The van der Waals surface area contributed by atoms with E-state index in [2.05, 4.69) is 29.4 Å². The summed E-state index contributed by atoms with van der Waals surface area (Å²) in [6.45, 7) is 2.15. The van der Waals surface area contributed by atoms with E-state index in [1.165, 1.54) is 24.8 Å². The lowest BCUT2D eigenvalue weighted by atomic mass is 9.88. The summed E-state index contributed by atoms with van der Waals surface area (Å²) in [5.74, 6) is 2.28. The first-order valence-electron chi connectivity index (χ1n) is 7.78. The average molecular weight is 292 g/mol. The van der Waals surface area contributed by atoms with E-state index in [0.717, 1.165) is 24.6 Å². The van der Waals surface area contributed by atoms with Crippen LogP contribution in [0.2, 0.25) is 0 Å². The lowest BCUT2D eigenvalue weighted by Gasteiger charge is -2.34. The summed E-state index contributed by atoms with van der Waals surface area (Å²) in [5.41, 5.74) is 1.24. The second kappa shape index (κ2) is 7.66. The largest absolute Gasteiger partial charge is 0.493 e. The molecule has 0 aromatic heterocycles. The van der Waals surface area contributed by atoms with Crippen molar-refractivity contribution < 1.29 is 9.47 Å². The third-order valence-corrected chi connectivity index (χ3v) is 4.48. The molecule has 0 spiro atoms. The van der Waals surface area contributed by atoms with Crippen LogP contribution in [0, 0.1) is 5.92 Å². The number of benzene rings is 1. The summed E-state index contributed by atoms with van der Waals surface area (Å²) in [5, 5.41) is 3.35. The number of nitrogens with zero attached hydrogens (tertiary/aromatic N) is 1. The predicted molar refractivity (Wildman–Crippen MR) is 86.2 cm³/mol. The van der Waals surface area contributed by atoms with Gasteiger partial charge in [-0.3, -0.25) is 4.90 Å². The quantitative estimate of drug-likeness (QED) is 0.905. The first kappa shape index (κ1) is 16.1. The minimum absolute atomic E-state index is 0.366. The van der Waals surface area contributed by atoms with E-state index in [1.54, 1.807) is 14.2 Å². The number of rotatable bonds is 5. The molecule has 2 rings (SSSR count). The molecule has 118 valence electrons. The number of hydrogen-bond donors (Lipinski definition) is 1. The van der Waals surface area contributed by atoms with Crippen LogP contribution >= 0.6 is 0 Å². The van der Waals surface area contributed by atoms with Crippen molar-refractivity contribution in [2.24, 2.45) is 5.92 Å². The highest BCUT2D eigenvalue weighted by molar-refractivity contribution is 5.48. The van der Waals surface area contributed by atoms with Gasteiger partial charge in [-0.15, -0.1) is 0 Å². The molecule has 2 atom stereocenters. The number of likely N-dealkylation sites (tertiary alicyclic amines) is 1. The average Bonchev–Trinajstić information content (AvgIpc) is 2.68. The molecule has 2 unspecified atom stereocenters. The van der Waals surface area contributed by atoms with Crippen molar-refractivity contribution in [2.75, 3.05) is 41.4 Å². The zero-order chi connectivity index (χ0) is 15.2. The molecular formula is C17H28N2O2. The van der Waals surface area contributed by atoms with Gasteiger partial charge in [0.25, 0.3) is 0 Å². The molecule has 0 radical (unpaired) electrons. The number of ether oxygens (including phenoxy) is 2. The van der Waals surface area contributed by atoms with Gasteiger partial charge in [0.05, 0.1) is 14.2 Å². The van der Waals surface area contributed by atoms with Crippen LogP contribution in [0.4, 0.5) is 0 Å². The lowest BCUT2D eigenvalue weighted by molar-refractivity contribution is 0.185. The number of nitrogens with one attached hydrogen (secondary N) is 1. The van der Waals surface area contributed by atoms with Gasteiger partial charge in [-0.1, -0.05) is 18.6 Å². The Bertz CT molecular complexity index is 450. The first-order valence-corrected chi connectivity index (χ1v) is 7.78. The SMILES string of the molecule is CNCC1CCCCN(C)C1c1cccc(OC)c1OC. The van der Waals surface area contributed by atoms with Crippen molar-refractivity contribution in [3.8, 4) is 11.5 Å². The molecule has 1 aromatic rings. The molecule has 1 aliphatic rings. The highest BCUT2D eigenvalue weighted by Gasteiger charge is 2.31. The Labute approximate surface area is 128 Å². The predicted octanol–water partition coefficient (Wildman–Crippen LogP) is 2.70. The van der Waals surface area contributed by atoms with Crippen LogP contribution < -0.4 is 14.8 Å². The van der Waals surface area contributed by atoms with E-state index in [1.807, 2.05) is 13.1 Å². The highest BCUT2D eigenvalue weighted by Crippen LogP contribution is 2.42. The van der Waals surface area contributed by atoms with Crippen LogP contribution in [-0.2, 0) is 0 Å². The monoisotopic (exact) mass is 292 g/mol. The maximum atomic E-state index is 5.66. The Kier molecular flexibility index (Phi) is 5.88. The molecule has 0 aliphatic carbocycles. The van der Waals surface area contributed by atoms with Crippen LogP contribution in [-0.4, -0.2) is 46.3 Å². The maximum Gasteiger partial charge on any atom is 0.165 e. The van der Waals surface area contributed by atoms with Crippen molar-refractivity contribution >= 4 is 0 Å². The van der Waals surface area contributed by atoms with Crippen molar-refractivity contribution in [1.82, 2.24) is 10.2 Å². The van der Waals surface area contributed by atoms with Crippen molar-refractivity contribution in [2.45, 2.75) is 25.3 Å². The first-order chi connectivity index (χ1) is 10.2. The topological polar surface area (TPSA) is 33.7 Å². The number of methoxy groups -OCH3 is 2. The van der Waals surface area contributed by atoms with Gasteiger partial charge in [-0.25, -0.2) is 0 Å². The molecule has 1 N–H and O–H groups in total. The van der Waals surface area contributed by atoms with E-state index >= 15 is 0 Å². The summed E-state index contributed by atoms with van der Waals surface area (Å²) >= 11 is 0. The smallest absolute Gasteiger partial charge is 0.165 e. The zero-order valence-electron chi connectivity index (χ0n) is 13.7. The molecule has 1 aliphatic heterocycles. The van der Waals surface area contributed by atoms with Gasteiger partial charge >= 0.3 is 0 Å². The summed E-state index contributed by atoms with van der Waals surface area (Å²) in [6.07, 6.45) is 3.80. The summed E-state index contributed by atoms with van der Waals surface area (Å²) in [6, 6.07) is 6.57. The van der Waals surface area contributed by atoms with Crippen LogP contribution in [0.5, 0.6) is 11.5 Å². The number of para-hydroxylation sites is 1. The minimum Gasteiger partial charge on any atom is -0.493 e. The molecule has 1 fully saturated rings. The van der Waals surface area contributed by atoms with Crippen LogP contribution in [0.15, 0.2) is 18.2 Å². The van der Waals surface area contributed by atoms with Gasteiger partial charge in [-0.05, 0) is 52.0 Å². The van der Waals surface area contributed by atoms with Crippen LogP contribution in [0.3, 0.4) is 0 Å². The van der Waals surface area contributed by atoms with E-state index in [9.17, 15) is 0 Å².